The van der Waals surface area contributed by atoms with Crippen molar-refractivity contribution in [2.24, 2.45) is 0 Å². The molecule has 0 spiro atoms. The van der Waals surface area contributed by atoms with Crippen LogP contribution in [0.4, 0.5) is 5.69 Å². The number of benzene rings is 3. The van der Waals surface area contributed by atoms with Crippen LogP contribution in [0.25, 0.3) is 0 Å². The van der Waals surface area contributed by atoms with Crippen LogP contribution in [0.2, 0.25) is 0 Å². The predicted octanol–water partition coefficient (Wildman–Crippen LogP) is 5.34. The Labute approximate surface area is 178 Å². The van der Waals surface area contributed by atoms with Crippen molar-refractivity contribution in [3.05, 3.63) is 82.3 Å². The standard InChI is InChI=1S/C23H22BrNO4/c1-27-21-11-9-18(15-22(21)28-2)25-23(26)17-8-10-20(19(24)14-17)29-13-12-16-6-4-3-5-7-16/h3-11,14-15H,12-13H2,1-2H3,(H,25,26). The number of ether oxygens (including phenoxy) is 3. The summed E-state index contributed by atoms with van der Waals surface area (Å²) in [5.41, 5.74) is 2.35. The Morgan fingerprint density at radius 1 is 0.897 bits per heavy atom. The number of methoxy groups -OCH3 is 2. The topological polar surface area (TPSA) is 56.8 Å². The van der Waals surface area contributed by atoms with Crippen LogP contribution in [0.3, 0.4) is 0 Å². The molecule has 3 aromatic carbocycles. The molecule has 0 fully saturated rings. The SMILES string of the molecule is COc1ccc(NC(=O)c2ccc(OCCc3ccccc3)c(Br)c2)cc1OC. The van der Waals surface area contributed by atoms with Gasteiger partial charge in [-0.15, -0.1) is 0 Å². The number of hydrogen-bond donors (Lipinski definition) is 1. The number of nitrogens with one attached hydrogen (secondary N) is 1. The van der Waals surface area contributed by atoms with E-state index >= 15 is 0 Å². The highest BCUT2D eigenvalue weighted by molar-refractivity contribution is 9.10. The van der Waals surface area contributed by atoms with Gasteiger partial charge in [0.2, 0.25) is 0 Å². The molecule has 3 aromatic rings. The number of anilines is 1. The third-order valence-corrected chi connectivity index (χ3v) is 4.95. The predicted molar refractivity (Wildman–Crippen MR) is 117 cm³/mol. The maximum Gasteiger partial charge on any atom is 0.255 e. The molecule has 0 aliphatic carbocycles. The van der Waals surface area contributed by atoms with E-state index in [0.717, 1.165) is 10.9 Å². The van der Waals surface area contributed by atoms with E-state index in [1.54, 1.807) is 50.6 Å². The van der Waals surface area contributed by atoms with Crippen molar-refractivity contribution >= 4 is 27.5 Å². The van der Waals surface area contributed by atoms with Gasteiger partial charge in [-0.05, 0) is 51.8 Å². The number of carbonyl (C=O) groups excluding carboxylic acids is 1. The molecule has 3 rings (SSSR count). The van der Waals surface area contributed by atoms with Crippen LogP contribution < -0.4 is 19.5 Å². The summed E-state index contributed by atoms with van der Waals surface area (Å²) in [7, 11) is 3.12. The van der Waals surface area contributed by atoms with Crippen molar-refractivity contribution in [3.63, 3.8) is 0 Å². The molecule has 29 heavy (non-hydrogen) atoms. The largest absolute Gasteiger partial charge is 0.493 e. The zero-order valence-corrected chi connectivity index (χ0v) is 17.9. The van der Waals surface area contributed by atoms with Crippen molar-refractivity contribution in [1.29, 1.82) is 0 Å². The maximum atomic E-state index is 12.6. The van der Waals surface area contributed by atoms with E-state index in [-0.39, 0.29) is 5.91 Å². The summed E-state index contributed by atoms with van der Waals surface area (Å²) in [6.07, 6.45) is 0.814. The number of amides is 1. The van der Waals surface area contributed by atoms with E-state index in [4.69, 9.17) is 14.2 Å². The second kappa shape index (κ2) is 9.98. The van der Waals surface area contributed by atoms with Crippen molar-refractivity contribution in [1.82, 2.24) is 0 Å². The van der Waals surface area contributed by atoms with Crippen molar-refractivity contribution < 1.29 is 19.0 Å². The van der Waals surface area contributed by atoms with Gasteiger partial charge in [0.1, 0.15) is 5.75 Å². The minimum atomic E-state index is -0.228. The Kier molecular flexibility index (Phi) is 7.14. The minimum Gasteiger partial charge on any atom is -0.493 e. The smallest absolute Gasteiger partial charge is 0.255 e. The van der Waals surface area contributed by atoms with E-state index in [1.807, 2.05) is 18.2 Å². The van der Waals surface area contributed by atoms with Gasteiger partial charge in [0, 0.05) is 23.7 Å². The van der Waals surface area contributed by atoms with Gasteiger partial charge in [0.25, 0.3) is 5.91 Å². The molecule has 0 aliphatic rings. The Morgan fingerprint density at radius 2 is 1.62 bits per heavy atom. The van der Waals surface area contributed by atoms with Gasteiger partial charge in [-0.3, -0.25) is 4.79 Å². The fourth-order valence-corrected chi connectivity index (χ4v) is 3.29. The molecule has 0 aromatic heterocycles. The Morgan fingerprint density at radius 3 is 2.31 bits per heavy atom. The molecular formula is C23H22BrNO4. The van der Waals surface area contributed by atoms with E-state index in [9.17, 15) is 4.79 Å². The summed E-state index contributed by atoms with van der Waals surface area (Å²) < 4.78 is 17.0. The summed E-state index contributed by atoms with van der Waals surface area (Å²) in [6.45, 7) is 0.555. The minimum absolute atomic E-state index is 0.228. The van der Waals surface area contributed by atoms with Gasteiger partial charge in [0.05, 0.1) is 25.3 Å². The molecule has 5 nitrogen and oxygen atoms in total. The highest BCUT2D eigenvalue weighted by Crippen LogP contribution is 2.30. The summed E-state index contributed by atoms with van der Waals surface area (Å²) in [6, 6.07) is 20.6. The number of carbonyl (C=O) groups is 1. The molecule has 0 aliphatic heterocycles. The quantitative estimate of drug-likeness (QED) is 0.497. The number of hydrogen-bond acceptors (Lipinski definition) is 4. The highest BCUT2D eigenvalue weighted by atomic mass is 79.9. The van der Waals surface area contributed by atoms with Crippen molar-refractivity contribution in [2.45, 2.75) is 6.42 Å². The average molecular weight is 456 g/mol. The Bertz CT molecular complexity index is 976. The number of halogens is 1. The average Bonchev–Trinajstić information content (AvgIpc) is 2.75. The Balaban J connectivity index is 1.62. The van der Waals surface area contributed by atoms with Crippen LogP contribution in [0.15, 0.2) is 71.2 Å². The molecule has 150 valence electrons. The van der Waals surface area contributed by atoms with Crippen molar-refractivity contribution in [2.75, 3.05) is 26.1 Å². The summed E-state index contributed by atoms with van der Waals surface area (Å²) >= 11 is 3.49. The summed E-state index contributed by atoms with van der Waals surface area (Å²) in [4.78, 5) is 12.6. The monoisotopic (exact) mass is 455 g/mol. The Hall–Kier alpha value is -2.99. The second-order valence-corrected chi connectivity index (χ2v) is 7.11. The molecule has 0 bridgehead atoms. The second-order valence-electron chi connectivity index (χ2n) is 6.25. The molecule has 1 amide bonds. The fraction of sp³-hybridized carbons (Fsp3) is 0.174. The first-order valence-corrected chi connectivity index (χ1v) is 9.89. The molecule has 0 saturated carbocycles. The fourth-order valence-electron chi connectivity index (χ4n) is 2.80. The zero-order chi connectivity index (χ0) is 20.6. The normalized spacial score (nSPS) is 10.3. The molecule has 0 saturated heterocycles. The molecule has 0 atom stereocenters. The third-order valence-electron chi connectivity index (χ3n) is 4.33. The molecule has 6 heteroatoms. The van der Waals surface area contributed by atoms with Crippen LogP contribution in [0, 0.1) is 0 Å². The highest BCUT2D eigenvalue weighted by Gasteiger charge is 2.12. The van der Waals surface area contributed by atoms with Crippen LogP contribution >= 0.6 is 15.9 Å². The van der Waals surface area contributed by atoms with Crippen LogP contribution in [-0.4, -0.2) is 26.7 Å². The van der Waals surface area contributed by atoms with Gasteiger partial charge < -0.3 is 19.5 Å². The van der Waals surface area contributed by atoms with Crippen LogP contribution in [0.5, 0.6) is 17.2 Å². The van der Waals surface area contributed by atoms with Gasteiger partial charge in [0.15, 0.2) is 11.5 Å². The number of rotatable bonds is 8. The first-order valence-electron chi connectivity index (χ1n) is 9.10. The molecule has 0 heterocycles. The van der Waals surface area contributed by atoms with E-state index in [1.165, 1.54) is 5.56 Å². The van der Waals surface area contributed by atoms with Crippen LogP contribution in [0.1, 0.15) is 15.9 Å². The van der Waals surface area contributed by atoms with Gasteiger partial charge >= 0.3 is 0 Å². The molecular weight excluding hydrogens is 434 g/mol. The van der Waals surface area contributed by atoms with Gasteiger partial charge in [-0.25, -0.2) is 0 Å². The lowest BCUT2D eigenvalue weighted by Gasteiger charge is -2.12. The van der Waals surface area contributed by atoms with E-state index in [0.29, 0.717) is 35.1 Å². The maximum absolute atomic E-state index is 12.6. The van der Waals surface area contributed by atoms with E-state index in [2.05, 4.69) is 33.4 Å². The van der Waals surface area contributed by atoms with E-state index < -0.39 is 0 Å². The first kappa shape index (κ1) is 20.7. The lowest BCUT2D eigenvalue weighted by Crippen LogP contribution is -2.12. The van der Waals surface area contributed by atoms with Gasteiger partial charge in [-0.2, -0.15) is 0 Å². The molecule has 0 unspecified atom stereocenters. The lowest BCUT2D eigenvalue weighted by molar-refractivity contribution is 0.102. The first-order chi connectivity index (χ1) is 14.1. The van der Waals surface area contributed by atoms with Crippen LogP contribution in [-0.2, 0) is 6.42 Å². The van der Waals surface area contributed by atoms with Crippen molar-refractivity contribution in [3.8, 4) is 17.2 Å². The molecule has 0 radical (unpaired) electrons. The van der Waals surface area contributed by atoms with Gasteiger partial charge in [-0.1, -0.05) is 30.3 Å². The third kappa shape index (κ3) is 5.51. The zero-order valence-electron chi connectivity index (χ0n) is 16.3. The lowest BCUT2D eigenvalue weighted by atomic mass is 10.1. The molecule has 1 N–H and O–H groups in total. The summed E-state index contributed by atoms with van der Waals surface area (Å²) in [5, 5.41) is 2.86. The summed E-state index contributed by atoms with van der Waals surface area (Å²) in [5.74, 6) is 1.62.